The number of nitrogens with zero attached hydrogens (tertiary/aromatic N) is 1. The minimum atomic E-state index is -0.160. The monoisotopic (exact) mass is 258 g/mol. The van der Waals surface area contributed by atoms with Crippen molar-refractivity contribution in [1.82, 2.24) is 9.97 Å². The third-order valence-electron chi connectivity index (χ3n) is 4.05. The summed E-state index contributed by atoms with van der Waals surface area (Å²) in [7, 11) is 0. The fourth-order valence-corrected chi connectivity index (χ4v) is 2.38. The summed E-state index contributed by atoms with van der Waals surface area (Å²) in [4.78, 5) is 20.0. The maximum absolute atomic E-state index is 12.4. The highest BCUT2D eigenvalue weighted by atomic mass is 16.1. The van der Waals surface area contributed by atoms with E-state index in [4.69, 9.17) is 4.98 Å². The predicted molar refractivity (Wildman–Crippen MR) is 80.0 cm³/mol. The van der Waals surface area contributed by atoms with Gasteiger partial charge < -0.3 is 4.98 Å². The van der Waals surface area contributed by atoms with Gasteiger partial charge in [-0.25, -0.2) is 4.98 Å². The molecule has 0 saturated heterocycles. The Hall–Kier alpha value is -1.64. The van der Waals surface area contributed by atoms with E-state index in [-0.39, 0.29) is 11.0 Å². The van der Waals surface area contributed by atoms with E-state index < -0.39 is 0 Å². The van der Waals surface area contributed by atoms with Gasteiger partial charge in [-0.05, 0) is 49.9 Å². The average molecular weight is 258 g/mol. The molecule has 1 N–H and O–H groups in total. The second-order valence-corrected chi connectivity index (χ2v) is 6.39. The lowest BCUT2D eigenvalue weighted by atomic mass is 9.93. The summed E-state index contributed by atoms with van der Waals surface area (Å²) < 4.78 is 0. The Bertz CT molecular complexity index is 718. The summed E-state index contributed by atoms with van der Waals surface area (Å²) in [6, 6.07) is 0. The fraction of sp³-hybridized carbons (Fsp3) is 0.500. The van der Waals surface area contributed by atoms with E-state index in [0.717, 1.165) is 27.9 Å². The molecule has 0 aliphatic heterocycles. The fourth-order valence-electron chi connectivity index (χ4n) is 2.38. The van der Waals surface area contributed by atoms with Gasteiger partial charge in [0.15, 0.2) is 0 Å². The van der Waals surface area contributed by atoms with Crippen LogP contribution < -0.4 is 5.56 Å². The van der Waals surface area contributed by atoms with Crippen LogP contribution >= 0.6 is 0 Å². The summed E-state index contributed by atoms with van der Waals surface area (Å²) in [5, 5.41) is 0.730. The smallest absolute Gasteiger partial charge is 0.259 e. The van der Waals surface area contributed by atoms with Crippen molar-refractivity contribution in [3.8, 4) is 0 Å². The lowest BCUT2D eigenvalue weighted by molar-refractivity contribution is 0.546. The molecule has 0 fully saturated rings. The molecule has 0 saturated carbocycles. The summed E-state index contributed by atoms with van der Waals surface area (Å²) in [5.41, 5.74) is 5.20. The van der Waals surface area contributed by atoms with E-state index in [1.54, 1.807) is 0 Å². The van der Waals surface area contributed by atoms with Crippen molar-refractivity contribution >= 4 is 10.9 Å². The molecule has 0 aliphatic rings. The lowest BCUT2D eigenvalue weighted by Gasteiger charge is -2.19. The summed E-state index contributed by atoms with van der Waals surface area (Å²) in [6.45, 7) is 14.4. The number of aryl methyl sites for hydroxylation is 2. The van der Waals surface area contributed by atoms with Gasteiger partial charge in [-0.1, -0.05) is 20.8 Å². The lowest BCUT2D eigenvalue weighted by Crippen LogP contribution is -2.23. The van der Waals surface area contributed by atoms with Crippen LogP contribution in [0.25, 0.3) is 10.9 Å². The Morgan fingerprint density at radius 3 is 1.95 bits per heavy atom. The van der Waals surface area contributed by atoms with Crippen LogP contribution in [0.4, 0.5) is 0 Å². The zero-order chi connectivity index (χ0) is 14.5. The molecular weight excluding hydrogens is 236 g/mol. The van der Waals surface area contributed by atoms with Crippen LogP contribution in [-0.4, -0.2) is 9.97 Å². The van der Waals surface area contributed by atoms with Crippen LogP contribution in [0.1, 0.15) is 48.8 Å². The molecular formula is C16H22N2O. The van der Waals surface area contributed by atoms with E-state index in [2.05, 4.69) is 39.6 Å². The second-order valence-electron chi connectivity index (χ2n) is 6.39. The number of nitrogens with one attached hydrogen (secondary N) is 1. The van der Waals surface area contributed by atoms with E-state index in [9.17, 15) is 4.79 Å². The maximum atomic E-state index is 12.4. The summed E-state index contributed by atoms with van der Waals surface area (Å²) in [5.74, 6) is 0.746. The Morgan fingerprint density at radius 1 is 0.895 bits per heavy atom. The number of benzene rings is 1. The SMILES string of the molecule is Cc1c(C)c(C)c2c(=O)[nH]c(C(C)(C)C)nc2c1C. The van der Waals surface area contributed by atoms with Crippen LogP contribution in [-0.2, 0) is 5.41 Å². The second kappa shape index (κ2) is 4.19. The first-order valence-corrected chi connectivity index (χ1v) is 6.65. The van der Waals surface area contributed by atoms with E-state index in [1.165, 1.54) is 11.1 Å². The van der Waals surface area contributed by atoms with Crippen LogP contribution in [0.2, 0.25) is 0 Å². The average Bonchev–Trinajstić information content (AvgIpc) is 2.31. The number of aromatic amines is 1. The molecule has 1 aromatic carbocycles. The molecule has 2 rings (SSSR count). The standard InChI is InChI=1S/C16H22N2O/c1-8-9(2)11(4)13-12(10(8)3)14(19)18-15(17-13)16(5,6)7/h1-7H3,(H,17,18,19). The van der Waals surface area contributed by atoms with Crippen molar-refractivity contribution in [1.29, 1.82) is 0 Å². The zero-order valence-corrected chi connectivity index (χ0v) is 12.9. The minimum Gasteiger partial charge on any atom is -0.310 e. The van der Waals surface area contributed by atoms with Crippen molar-refractivity contribution in [2.24, 2.45) is 0 Å². The number of hydrogen-bond donors (Lipinski definition) is 1. The minimum absolute atomic E-state index is 0.0291. The molecule has 0 bridgehead atoms. The van der Waals surface area contributed by atoms with Crippen molar-refractivity contribution in [2.75, 3.05) is 0 Å². The van der Waals surface area contributed by atoms with Crippen LogP contribution in [0, 0.1) is 27.7 Å². The van der Waals surface area contributed by atoms with Crippen LogP contribution in [0.5, 0.6) is 0 Å². The highest BCUT2D eigenvalue weighted by Crippen LogP contribution is 2.27. The Labute approximate surface area is 114 Å². The van der Waals surface area contributed by atoms with Crippen molar-refractivity contribution in [3.05, 3.63) is 38.4 Å². The molecule has 0 aliphatic carbocycles. The first-order chi connectivity index (χ1) is 8.64. The molecule has 1 aromatic heterocycles. The Balaban J connectivity index is 3.02. The third kappa shape index (κ3) is 2.07. The number of aromatic nitrogens is 2. The van der Waals surface area contributed by atoms with Crippen molar-refractivity contribution < 1.29 is 0 Å². The molecule has 0 radical (unpaired) electrons. The zero-order valence-electron chi connectivity index (χ0n) is 12.9. The van der Waals surface area contributed by atoms with Crippen LogP contribution in [0.3, 0.4) is 0 Å². The molecule has 3 heteroatoms. The van der Waals surface area contributed by atoms with Gasteiger partial charge in [0.2, 0.25) is 0 Å². The third-order valence-corrected chi connectivity index (χ3v) is 4.05. The molecule has 1 heterocycles. The Kier molecular flexibility index (Phi) is 3.04. The highest BCUT2D eigenvalue weighted by molar-refractivity contribution is 5.86. The molecule has 19 heavy (non-hydrogen) atoms. The molecule has 2 aromatic rings. The molecule has 102 valence electrons. The Morgan fingerprint density at radius 2 is 1.42 bits per heavy atom. The first kappa shape index (κ1) is 13.8. The van der Waals surface area contributed by atoms with Gasteiger partial charge in [0.25, 0.3) is 5.56 Å². The van der Waals surface area contributed by atoms with Crippen LogP contribution in [0.15, 0.2) is 4.79 Å². The largest absolute Gasteiger partial charge is 0.310 e. The number of rotatable bonds is 0. The van der Waals surface area contributed by atoms with E-state index in [1.807, 2.05) is 13.8 Å². The number of hydrogen-bond acceptors (Lipinski definition) is 2. The molecule has 0 amide bonds. The summed E-state index contributed by atoms with van der Waals surface area (Å²) >= 11 is 0. The van der Waals surface area contributed by atoms with Gasteiger partial charge >= 0.3 is 0 Å². The van der Waals surface area contributed by atoms with Gasteiger partial charge in [0.05, 0.1) is 10.9 Å². The topological polar surface area (TPSA) is 45.8 Å². The summed E-state index contributed by atoms with van der Waals surface area (Å²) in [6.07, 6.45) is 0. The highest BCUT2D eigenvalue weighted by Gasteiger charge is 2.20. The maximum Gasteiger partial charge on any atom is 0.259 e. The van der Waals surface area contributed by atoms with Crippen molar-refractivity contribution in [2.45, 2.75) is 53.9 Å². The van der Waals surface area contributed by atoms with Gasteiger partial charge in [-0.3, -0.25) is 4.79 Å². The molecule has 0 atom stereocenters. The van der Waals surface area contributed by atoms with Gasteiger partial charge in [-0.15, -0.1) is 0 Å². The normalized spacial score (nSPS) is 12.2. The van der Waals surface area contributed by atoms with Gasteiger partial charge in [0.1, 0.15) is 5.82 Å². The van der Waals surface area contributed by atoms with Crippen molar-refractivity contribution in [3.63, 3.8) is 0 Å². The molecule has 0 unspecified atom stereocenters. The number of fused-ring (bicyclic) bond motifs is 1. The number of H-pyrrole nitrogens is 1. The first-order valence-electron chi connectivity index (χ1n) is 6.65. The molecule has 3 nitrogen and oxygen atoms in total. The van der Waals surface area contributed by atoms with E-state index >= 15 is 0 Å². The van der Waals surface area contributed by atoms with E-state index in [0.29, 0.717) is 0 Å². The molecule has 0 spiro atoms. The van der Waals surface area contributed by atoms with Gasteiger partial charge in [0, 0.05) is 5.41 Å². The quantitative estimate of drug-likeness (QED) is 0.786. The van der Waals surface area contributed by atoms with Gasteiger partial charge in [-0.2, -0.15) is 0 Å². The predicted octanol–water partition coefficient (Wildman–Crippen LogP) is 3.45.